The van der Waals surface area contributed by atoms with Gasteiger partial charge in [-0.2, -0.15) is 10.2 Å². The summed E-state index contributed by atoms with van der Waals surface area (Å²) >= 11 is 0. The van der Waals surface area contributed by atoms with Crippen LogP contribution in [0.25, 0.3) is 38.8 Å². The van der Waals surface area contributed by atoms with E-state index < -0.39 is 0 Å². The van der Waals surface area contributed by atoms with Crippen molar-refractivity contribution in [1.82, 2.24) is 33.7 Å². The Morgan fingerprint density at radius 2 is 1.94 bits per heavy atom. The predicted molar refractivity (Wildman–Crippen MR) is 123 cm³/mol. The standard InChI is InChI=1S/C23H25N7O2/c1-6-29-12-21(14(2)26-29)30-22-18-8-17(16-9-25-27(3)11-16)15(13-32-5)7-19(18)24-10-20(22)28(4)23(30)31/h7-12H,6,13H2,1-5H3. The number of benzene rings is 1. The Kier molecular flexibility index (Phi) is 4.70. The summed E-state index contributed by atoms with van der Waals surface area (Å²) in [7, 11) is 5.34. The highest BCUT2D eigenvalue weighted by molar-refractivity contribution is 6.05. The second-order valence-electron chi connectivity index (χ2n) is 7.99. The number of hydrogen-bond donors (Lipinski definition) is 0. The molecule has 4 aromatic heterocycles. The average molecular weight is 432 g/mol. The van der Waals surface area contributed by atoms with Crippen molar-refractivity contribution in [3.63, 3.8) is 0 Å². The molecule has 0 fully saturated rings. The molecule has 32 heavy (non-hydrogen) atoms. The lowest BCUT2D eigenvalue weighted by Gasteiger charge is -2.11. The Bertz CT molecular complexity index is 1530. The number of imidazole rings is 1. The van der Waals surface area contributed by atoms with E-state index >= 15 is 0 Å². The molecule has 9 nitrogen and oxygen atoms in total. The van der Waals surface area contributed by atoms with Gasteiger partial charge in [-0.05, 0) is 37.1 Å². The van der Waals surface area contributed by atoms with Crippen molar-refractivity contribution in [2.45, 2.75) is 27.0 Å². The van der Waals surface area contributed by atoms with Gasteiger partial charge < -0.3 is 4.74 Å². The Morgan fingerprint density at radius 1 is 1.12 bits per heavy atom. The van der Waals surface area contributed by atoms with Gasteiger partial charge in [0.15, 0.2) is 0 Å². The highest BCUT2D eigenvalue weighted by Gasteiger charge is 2.20. The summed E-state index contributed by atoms with van der Waals surface area (Å²) in [6.07, 6.45) is 7.49. The number of rotatable bonds is 5. The predicted octanol–water partition coefficient (Wildman–Crippen LogP) is 2.95. The van der Waals surface area contributed by atoms with E-state index in [1.807, 2.05) is 50.2 Å². The second kappa shape index (κ2) is 7.45. The zero-order valence-electron chi connectivity index (χ0n) is 18.8. The topological polar surface area (TPSA) is 84.7 Å². The molecule has 1 aromatic carbocycles. The Morgan fingerprint density at radius 3 is 2.59 bits per heavy atom. The van der Waals surface area contributed by atoms with Gasteiger partial charge in [0.25, 0.3) is 0 Å². The smallest absolute Gasteiger partial charge is 0.333 e. The molecular weight excluding hydrogens is 406 g/mol. The van der Waals surface area contributed by atoms with Crippen LogP contribution in [0.2, 0.25) is 0 Å². The van der Waals surface area contributed by atoms with Crippen molar-refractivity contribution in [3.8, 4) is 16.8 Å². The SMILES string of the molecule is CCn1cc(-n2c(=O)n(C)c3cnc4cc(COC)c(-c5cnn(C)c5)cc4c32)c(C)n1. The van der Waals surface area contributed by atoms with E-state index in [9.17, 15) is 4.79 Å². The van der Waals surface area contributed by atoms with Gasteiger partial charge >= 0.3 is 5.69 Å². The third kappa shape index (κ3) is 2.96. The maximum absolute atomic E-state index is 13.3. The molecule has 4 heterocycles. The number of methoxy groups -OCH3 is 1. The summed E-state index contributed by atoms with van der Waals surface area (Å²) in [5.74, 6) is 0. The van der Waals surface area contributed by atoms with Crippen molar-refractivity contribution in [2.24, 2.45) is 14.1 Å². The monoisotopic (exact) mass is 431 g/mol. The van der Waals surface area contributed by atoms with E-state index in [-0.39, 0.29) is 5.69 Å². The van der Waals surface area contributed by atoms with E-state index in [4.69, 9.17) is 4.74 Å². The van der Waals surface area contributed by atoms with Crippen molar-refractivity contribution < 1.29 is 4.74 Å². The van der Waals surface area contributed by atoms with Crippen LogP contribution in [0.3, 0.4) is 0 Å². The molecule has 0 radical (unpaired) electrons. The number of hydrogen-bond acceptors (Lipinski definition) is 5. The molecule has 5 aromatic rings. The van der Waals surface area contributed by atoms with Crippen LogP contribution < -0.4 is 5.69 Å². The molecule has 0 N–H and O–H groups in total. The van der Waals surface area contributed by atoms with Crippen LogP contribution in [0.5, 0.6) is 0 Å². The molecule has 5 rings (SSSR count). The molecule has 164 valence electrons. The van der Waals surface area contributed by atoms with Crippen LogP contribution in [-0.2, 0) is 32.0 Å². The van der Waals surface area contributed by atoms with Gasteiger partial charge in [0, 0.05) is 51.1 Å². The number of aromatic nitrogens is 7. The van der Waals surface area contributed by atoms with Gasteiger partial charge in [0.1, 0.15) is 0 Å². The first-order chi connectivity index (χ1) is 15.4. The Hall–Kier alpha value is -3.72. The minimum absolute atomic E-state index is 0.128. The van der Waals surface area contributed by atoms with E-state index in [1.54, 1.807) is 34.2 Å². The van der Waals surface area contributed by atoms with Gasteiger partial charge in [-0.15, -0.1) is 0 Å². The van der Waals surface area contributed by atoms with E-state index in [0.29, 0.717) is 6.61 Å². The first kappa shape index (κ1) is 20.2. The van der Waals surface area contributed by atoms with Gasteiger partial charge in [-0.25, -0.2) is 4.79 Å². The second-order valence-corrected chi connectivity index (χ2v) is 7.99. The third-order valence-electron chi connectivity index (χ3n) is 5.91. The summed E-state index contributed by atoms with van der Waals surface area (Å²) in [5, 5.41) is 9.78. The highest BCUT2D eigenvalue weighted by Crippen LogP contribution is 2.33. The molecule has 0 aliphatic rings. The first-order valence-corrected chi connectivity index (χ1v) is 10.5. The quantitative estimate of drug-likeness (QED) is 0.427. The summed E-state index contributed by atoms with van der Waals surface area (Å²) < 4.78 is 12.5. The molecule has 0 bridgehead atoms. The number of fused-ring (bicyclic) bond motifs is 3. The summed E-state index contributed by atoms with van der Waals surface area (Å²) in [6, 6.07) is 4.12. The minimum Gasteiger partial charge on any atom is -0.380 e. The van der Waals surface area contributed by atoms with Gasteiger partial charge in [0.2, 0.25) is 0 Å². The lowest BCUT2D eigenvalue weighted by molar-refractivity contribution is 0.185. The first-order valence-electron chi connectivity index (χ1n) is 10.5. The summed E-state index contributed by atoms with van der Waals surface area (Å²) in [4.78, 5) is 18.0. The highest BCUT2D eigenvalue weighted by atomic mass is 16.5. The molecule has 0 atom stereocenters. The Labute approximate surface area is 184 Å². The number of ether oxygens (including phenoxy) is 1. The molecular formula is C23H25N7O2. The molecule has 0 spiro atoms. The van der Waals surface area contributed by atoms with Crippen LogP contribution in [0.1, 0.15) is 18.2 Å². The summed E-state index contributed by atoms with van der Waals surface area (Å²) in [5.41, 5.74) is 6.84. The fourth-order valence-electron chi connectivity index (χ4n) is 4.30. The maximum atomic E-state index is 13.3. The van der Waals surface area contributed by atoms with Gasteiger partial charge in [0.05, 0.1) is 46.9 Å². The molecule has 0 unspecified atom stereocenters. The van der Waals surface area contributed by atoms with Gasteiger partial charge in [-0.3, -0.25) is 23.5 Å². The van der Waals surface area contributed by atoms with Crippen LogP contribution >= 0.6 is 0 Å². The van der Waals surface area contributed by atoms with Crippen molar-refractivity contribution >= 4 is 21.9 Å². The number of aryl methyl sites for hydroxylation is 4. The van der Waals surface area contributed by atoms with Crippen molar-refractivity contribution in [1.29, 1.82) is 0 Å². The van der Waals surface area contributed by atoms with Crippen molar-refractivity contribution in [2.75, 3.05) is 7.11 Å². The fraction of sp³-hybridized carbons (Fsp3) is 0.304. The Balaban J connectivity index is 1.91. The largest absolute Gasteiger partial charge is 0.380 e. The number of nitrogens with zero attached hydrogens (tertiary/aromatic N) is 7. The van der Waals surface area contributed by atoms with E-state index in [2.05, 4.69) is 21.2 Å². The van der Waals surface area contributed by atoms with Crippen molar-refractivity contribution in [3.05, 3.63) is 58.7 Å². The maximum Gasteiger partial charge on any atom is 0.333 e. The average Bonchev–Trinajstić information content (AvgIpc) is 3.44. The van der Waals surface area contributed by atoms with Crippen LogP contribution in [-0.4, -0.2) is 40.8 Å². The molecule has 0 aliphatic heterocycles. The lowest BCUT2D eigenvalue weighted by atomic mass is 9.99. The van der Waals surface area contributed by atoms with E-state index in [0.717, 1.165) is 56.6 Å². The molecule has 9 heteroatoms. The van der Waals surface area contributed by atoms with Crippen LogP contribution in [0.4, 0.5) is 0 Å². The zero-order chi connectivity index (χ0) is 22.6. The molecule has 0 aliphatic carbocycles. The zero-order valence-corrected chi connectivity index (χ0v) is 18.8. The van der Waals surface area contributed by atoms with E-state index in [1.165, 1.54) is 0 Å². The van der Waals surface area contributed by atoms with Crippen LogP contribution in [0, 0.1) is 6.92 Å². The number of pyridine rings is 1. The van der Waals surface area contributed by atoms with Crippen LogP contribution in [0.15, 0.2) is 41.7 Å². The fourth-order valence-corrected chi connectivity index (χ4v) is 4.30. The minimum atomic E-state index is -0.128. The third-order valence-corrected chi connectivity index (χ3v) is 5.91. The van der Waals surface area contributed by atoms with Gasteiger partial charge in [-0.1, -0.05) is 0 Å². The molecule has 0 saturated heterocycles. The molecule has 0 amide bonds. The normalized spacial score (nSPS) is 11.8. The summed E-state index contributed by atoms with van der Waals surface area (Å²) in [6.45, 7) is 5.13. The molecule has 0 saturated carbocycles. The lowest BCUT2D eigenvalue weighted by Crippen LogP contribution is -2.21.